The van der Waals surface area contributed by atoms with Crippen molar-refractivity contribution in [3.05, 3.63) is 52.2 Å². The minimum Gasteiger partial charge on any atom is -0.361 e. The summed E-state index contributed by atoms with van der Waals surface area (Å²) in [6, 6.07) is 13.8. The van der Waals surface area contributed by atoms with E-state index in [0.717, 1.165) is 30.0 Å². The van der Waals surface area contributed by atoms with Crippen LogP contribution in [0.5, 0.6) is 0 Å². The number of hydrogen-bond donors (Lipinski definition) is 0. The number of hydrogen-bond acceptors (Lipinski definition) is 4. The summed E-state index contributed by atoms with van der Waals surface area (Å²) in [7, 11) is 0. The van der Waals surface area contributed by atoms with Crippen molar-refractivity contribution in [2.24, 2.45) is 0 Å². The van der Waals surface area contributed by atoms with Crippen LogP contribution in [-0.4, -0.2) is 48.6 Å². The Kier molecular flexibility index (Phi) is 5.02. The molecule has 0 bridgehead atoms. The molecule has 0 aliphatic carbocycles. The molecule has 2 aromatic rings. The number of benzene rings is 1. The second-order valence-electron chi connectivity index (χ2n) is 7.40. The monoisotopic (exact) mass is 384 g/mol. The highest BCUT2D eigenvalue weighted by molar-refractivity contribution is 7.12. The topological polar surface area (TPSA) is 49.9 Å². The van der Waals surface area contributed by atoms with Gasteiger partial charge < -0.3 is 14.5 Å². The van der Waals surface area contributed by atoms with Gasteiger partial charge in [-0.15, -0.1) is 11.3 Å². The zero-order valence-corrected chi connectivity index (χ0v) is 16.3. The van der Waals surface area contributed by atoms with Gasteiger partial charge in [0.15, 0.2) is 0 Å². The zero-order valence-electron chi connectivity index (χ0n) is 15.5. The van der Waals surface area contributed by atoms with Crippen molar-refractivity contribution in [1.29, 1.82) is 0 Å². The molecular formula is C21H24N2O3S. The number of rotatable bonds is 3. The van der Waals surface area contributed by atoms with Gasteiger partial charge in [0.25, 0.3) is 5.91 Å². The summed E-state index contributed by atoms with van der Waals surface area (Å²) >= 11 is 1.67. The van der Waals surface area contributed by atoms with Crippen molar-refractivity contribution < 1.29 is 14.3 Å². The van der Waals surface area contributed by atoms with E-state index in [-0.39, 0.29) is 18.4 Å². The smallest absolute Gasteiger partial charge is 0.253 e. The van der Waals surface area contributed by atoms with Crippen molar-refractivity contribution in [2.45, 2.75) is 31.8 Å². The fourth-order valence-corrected chi connectivity index (χ4v) is 4.84. The van der Waals surface area contributed by atoms with Crippen LogP contribution in [0.3, 0.4) is 0 Å². The minimum absolute atomic E-state index is 0.0238. The van der Waals surface area contributed by atoms with Crippen LogP contribution in [0.2, 0.25) is 0 Å². The third-order valence-corrected chi connectivity index (χ3v) is 6.33. The normalized spacial score (nSPS) is 23.1. The average molecular weight is 385 g/mol. The van der Waals surface area contributed by atoms with Crippen LogP contribution in [0.4, 0.5) is 5.69 Å². The molecule has 3 heterocycles. The van der Waals surface area contributed by atoms with Crippen molar-refractivity contribution in [2.75, 3.05) is 31.1 Å². The lowest BCUT2D eigenvalue weighted by Gasteiger charge is -2.47. The third-order valence-electron chi connectivity index (χ3n) is 5.33. The Morgan fingerprint density at radius 2 is 2.00 bits per heavy atom. The molecule has 2 aliphatic heterocycles. The van der Waals surface area contributed by atoms with E-state index in [9.17, 15) is 9.59 Å². The summed E-state index contributed by atoms with van der Waals surface area (Å²) in [6.45, 7) is 3.93. The Hall–Kier alpha value is -2.18. The van der Waals surface area contributed by atoms with Gasteiger partial charge in [-0.25, -0.2) is 0 Å². The maximum atomic E-state index is 12.8. The van der Waals surface area contributed by atoms with Crippen LogP contribution in [0, 0.1) is 6.92 Å². The van der Waals surface area contributed by atoms with Crippen LogP contribution < -0.4 is 4.90 Å². The Morgan fingerprint density at radius 3 is 2.74 bits per heavy atom. The highest BCUT2D eigenvalue weighted by Crippen LogP contribution is 2.32. The summed E-state index contributed by atoms with van der Waals surface area (Å²) in [5, 5.41) is 0. The fraction of sp³-hybridized carbons (Fsp3) is 0.429. The second kappa shape index (κ2) is 7.44. The van der Waals surface area contributed by atoms with Crippen molar-refractivity contribution in [3.8, 4) is 0 Å². The summed E-state index contributed by atoms with van der Waals surface area (Å²) < 4.78 is 6.02. The zero-order chi connectivity index (χ0) is 18.9. The van der Waals surface area contributed by atoms with E-state index in [0.29, 0.717) is 19.5 Å². The second-order valence-corrected chi connectivity index (χ2v) is 8.77. The molecule has 2 amide bonds. The predicted molar refractivity (Wildman–Crippen MR) is 106 cm³/mol. The molecule has 5 nitrogen and oxygen atoms in total. The van der Waals surface area contributed by atoms with E-state index in [1.54, 1.807) is 16.2 Å². The van der Waals surface area contributed by atoms with E-state index >= 15 is 0 Å². The Bertz CT molecular complexity index is 835. The molecule has 1 unspecified atom stereocenters. The first kappa shape index (κ1) is 18.2. The van der Waals surface area contributed by atoms with Gasteiger partial charge in [-0.05, 0) is 44.0 Å². The summed E-state index contributed by atoms with van der Waals surface area (Å²) in [4.78, 5) is 31.3. The lowest BCUT2D eigenvalue weighted by Crippen LogP contribution is -2.62. The molecular weight excluding hydrogens is 360 g/mol. The van der Waals surface area contributed by atoms with Gasteiger partial charge in [-0.2, -0.15) is 0 Å². The van der Waals surface area contributed by atoms with Gasteiger partial charge in [-0.1, -0.05) is 18.2 Å². The van der Waals surface area contributed by atoms with Crippen molar-refractivity contribution >= 4 is 28.8 Å². The van der Waals surface area contributed by atoms with Crippen LogP contribution in [0.15, 0.2) is 42.5 Å². The maximum Gasteiger partial charge on any atom is 0.253 e. The van der Waals surface area contributed by atoms with Crippen molar-refractivity contribution in [3.63, 3.8) is 0 Å². The first-order valence-corrected chi connectivity index (χ1v) is 10.2. The molecule has 6 heteroatoms. The molecule has 1 atom stereocenters. The lowest BCUT2D eigenvalue weighted by molar-refractivity contribution is -0.153. The lowest BCUT2D eigenvalue weighted by atomic mass is 9.90. The molecule has 2 saturated heterocycles. The molecule has 27 heavy (non-hydrogen) atoms. The number of thiophene rings is 1. The molecule has 1 aromatic heterocycles. The first-order valence-electron chi connectivity index (χ1n) is 9.37. The minimum atomic E-state index is -0.469. The summed E-state index contributed by atoms with van der Waals surface area (Å²) in [6.07, 6.45) is 2.20. The van der Waals surface area contributed by atoms with E-state index in [2.05, 4.69) is 13.0 Å². The maximum absolute atomic E-state index is 12.8. The standard InChI is InChI=1S/C21H24N2O3S/c1-16-8-9-18(27-16)12-19(24)22-11-5-10-21(14-22)15-23(20(25)13-26-21)17-6-3-2-4-7-17/h2-4,6-9H,5,10-15H2,1H3. The van der Waals surface area contributed by atoms with Crippen molar-refractivity contribution in [1.82, 2.24) is 4.90 Å². The number of morpholine rings is 1. The van der Waals surface area contributed by atoms with E-state index in [1.165, 1.54) is 4.88 Å². The molecule has 0 N–H and O–H groups in total. The molecule has 0 radical (unpaired) electrons. The van der Waals surface area contributed by atoms with Crippen LogP contribution in [0.25, 0.3) is 0 Å². The van der Waals surface area contributed by atoms with Gasteiger partial charge in [0.05, 0.1) is 19.5 Å². The summed E-state index contributed by atoms with van der Waals surface area (Å²) in [5.74, 6) is 0.118. The number of anilines is 1. The van der Waals surface area contributed by atoms with E-state index in [1.807, 2.05) is 41.3 Å². The number of para-hydroxylation sites is 1. The number of ether oxygens (including phenoxy) is 1. The number of nitrogens with zero attached hydrogens (tertiary/aromatic N) is 2. The largest absolute Gasteiger partial charge is 0.361 e. The highest BCUT2D eigenvalue weighted by Gasteiger charge is 2.44. The fourth-order valence-electron chi connectivity index (χ4n) is 3.96. The number of aryl methyl sites for hydroxylation is 1. The number of likely N-dealkylation sites (tertiary alicyclic amines) is 1. The molecule has 4 rings (SSSR count). The number of carbonyl (C=O) groups is 2. The highest BCUT2D eigenvalue weighted by atomic mass is 32.1. The van der Waals surface area contributed by atoms with Gasteiger partial charge >= 0.3 is 0 Å². The summed E-state index contributed by atoms with van der Waals surface area (Å²) in [5.41, 5.74) is 0.422. The number of amides is 2. The van der Waals surface area contributed by atoms with Crippen LogP contribution in [0.1, 0.15) is 22.6 Å². The van der Waals surface area contributed by atoms with E-state index < -0.39 is 5.60 Å². The Balaban J connectivity index is 1.47. The quantitative estimate of drug-likeness (QED) is 0.817. The van der Waals surface area contributed by atoms with Gasteiger partial charge in [0.1, 0.15) is 12.2 Å². The van der Waals surface area contributed by atoms with Gasteiger partial charge in [-0.3, -0.25) is 9.59 Å². The number of piperidine rings is 1. The molecule has 1 aromatic carbocycles. The van der Waals surface area contributed by atoms with Crippen LogP contribution >= 0.6 is 11.3 Å². The van der Waals surface area contributed by atoms with Crippen LogP contribution in [-0.2, 0) is 20.7 Å². The number of carbonyl (C=O) groups excluding carboxylic acids is 2. The third kappa shape index (κ3) is 3.92. The Morgan fingerprint density at radius 1 is 1.19 bits per heavy atom. The SMILES string of the molecule is Cc1ccc(CC(=O)N2CCCC3(C2)CN(c2ccccc2)C(=O)CO3)s1. The molecule has 2 fully saturated rings. The predicted octanol–water partition coefficient (Wildman–Crippen LogP) is 3.02. The molecule has 1 spiro atoms. The first-order chi connectivity index (χ1) is 13.0. The molecule has 142 valence electrons. The van der Waals surface area contributed by atoms with Gasteiger partial charge in [0.2, 0.25) is 5.91 Å². The molecule has 0 saturated carbocycles. The van der Waals surface area contributed by atoms with E-state index in [4.69, 9.17) is 4.74 Å². The molecule has 2 aliphatic rings. The van der Waals surface area contributed by atoms with Gasteiger partial charge in [0, 0.05) is 22.0 Å². The average Bonchev–Trinajstić information content (AvgIpc) is 3.09. The Labute approximate surface area is 163 Å².